The molecule has 3 aromatic heterocycles. The van der Waals surface area contributed by atoms with Crippen molar-refractivity contribution in [2.45, 2.75) is 157 Å². The maximum atomic E-state index is 5.00. The van der Waals surface area contributed by atoms with Crippen LogP contribution in [0, 0.1) is 13.8 Å². The molecule has 5 heteroatoms. The first-order valence-corrected chi connectivity index (χ1v) is 19.4. The van der Waals surface area contributed by atoms with Crippen LogP contribution < -0.4 is 0 Å². The summed E-state index contributed by atoms with van der Waals surface area (Å²) in [5.74, 6) is 0. The number of hydrogen-bond donors (Lipinski definition) is 0. The molecule has 0 unspecified atom stereocenters. The van der Waals surface area contributed by atoms with Gasteiger partial charge in [0.1, 0.15) is 11.0 Å². The summed E-state index contributed by atoms with van der Waals surface area (Å²) in [6.45, 7) is 23.6. The largest absolute Gasteiger partial charge is 0.172 e. The SMILES string of the molecule is CCCCCCc1cc(-c2c(C)c(C)c(-c3cc(CCCCCC)c(C(C)(C)CC)s3)c3nsnc23)sc1C(C)(C)CC. The minimum Gasteiger partial charge on any atom is -0.172 e. The highest BCUT2D eigenvalue weighted by Crippen LogP contribution is 2.49. The highest BCUT2D eigenvalue weighted by atomic mass is 32.1. The fraction of sp³-hybridized carbons (Fsp3) is 0.632. The zero-order chi connectivity index (χ0) is 31.4. The van der Waals surface area contributed by atoms with E-state index in [4.69, 9.17) is 8.75 Å². The molecule has 0 saturated carbocycles. The van der Waals surface area contributed by atoms with Gasteiger partial charge >= 0.3 is 0 Å². The number of hydrogen-bond acceptors (Lipinski definition) is 5. The van der Waals surface area contributed by atoms with E-state index >= 15 is 0 Å². The lowest BCUT2D eigenvalue weighted by Crippen LogP contribution is -2.15. The van der Waals surface area contributed by atoms with Crippen LogP contribution in [0.4, 0.5) is 0 Å². The normalized spacial score (nSPS) is 12.6. The van der Waals surface area contributed by atoms with Crippen molar-refractivity contribution < 1.29 is 0 Å². The maximum Gasteiger partial charge on any atom is 0.114 e. The summed E-state index contributed by atoms with van der Waals surface area (Å²) < 4.78 is 9.99. The molecule has 0 aliphatic heterocycles. The standard InChI is InChI=1S/C38H56N2S3/c1-11-15-17-19-21-27-23-29(41-35(27)37(7,8)13-3)31-25(5)26(6)32(34-33(31)39-43-40-34)30-24-28(22-20-18-16-12-2)36(42-30)38(9,10)14-4/h23-24H,11-22H2,1-10H3. The van der Waals surface area contributed by atoms with Crippen LogP contribution in [0.3, 0.4) is 0 Å². The summed E-state index contributed by atoms with van der Waals surface area (Å²) in [6, 6.07) is 5.04. The molecule has 0 bridgehead atoms. The van der Waals surface area contributed by atoms with E-state index in [0.717, 1.165) is 23.9 Å². The van der Waals surface area contributed by atoms with E-state index in [-0.39, 0.29) is 10.8 Å². The minimum absolute atomic E-state index is 0.179. The summed E-state index contributed by atoms with van der Waals surface area (Å²) >= 11 is 5.41. The number of aromatic nitrogens is 2. The van der Waals surface area contributed by atoms with Crippen molar-refractivity contribution in [3.05, 3.63) is 44.1 Å². The van der Waals surface area contributed by atoms with E-state index < -0.39 is 0 Å². The van der Waals surface area contributed by atoms with Gasteiger partial charge in [0.25, 0.3) is 0 Å². The first-order chi connectivity index (χ1) is 20.5. The Kier molecular flexibility index (Phi) is 11.7. The highest BCUT2D eigenvalue weighted by Gasteiger charge is 2.30. The number of rotatable bonds is 16. The van der Waals surface area contributed by atoms with Crippen LogP contribution in [0.15, 0.2) is 12.1 Å². The number of unbranched alkanes of at least 4 members (excludes halogenated alkanes) is 6. The molecule has 0 saturated heterocycles. The first kappa shape index (κ1) is 34.3. The predicted molar refractivity (Wildman–Crippen MR) is 196 cm³/mol. The zero-order valence-electron chi connectivity index (χ0n) is 28.8. The second kappa shape index (κ2) is 14.7. The third-order valence-corrected chi connectivity index (χ3v) is 13.6. The molecule has 0 amide bonds. The third kappa shape index (κ3) is 7.31. The molecule has 0 aliphatic rings. The number of benzene rings is 1. The minimum atomic E-state index is 0.179. The third-order valence-electron chi connectivity index (χ3n) is 9.98. The van der Waals surface area contributed by atoms with Gasteiger partial charge in [-0.25, -0.2) is 0 Å². The van der Waals surface area contributed by atoms with Gasteiger partial charge in [-0.05, 0) is 97.6 Å². The Labute approximate surface area is 275 Å². The molecule has 0 atom stereocenters. The molecule has 0 aliphatic carbocycles. The van der Waals surface area contributed by atoms with Crippen LogP contribution in [0.1, 0.15) is 152 Å². The monoisotopic (exact) mass is 636 g/mol. The smallest absolute Gasteiger partial charge is 0.114 e. The van der Waals surface area contributed by atoms with Crippen LogP contribution in [0.25, 0.3) is 31.9 Å². The van der Waals surface area contributed by atoms with Crippen LogP contribution in [0.2, 0.25) is 0 Å². The van der Waals surface area contributed by atoms with Crippen molar-refractivity contribution in [3.63, 3.8) is 0 Å². The molecule has 1 aromatic carbocycles. The van der Waals surface area contributed by atoms with E-state index in [1.54, 1.807) is 20.9 Å². The molecule has 0 radical (unpaired) electrons. The van der Waals surface area contributed by atoms with Gasteiger partial charge in [-0.15, -0.1) is 22.7 Å². The lowest BCUT2D eigenvalue weighted by atomic mass is 9.85. The Morgan fingerprint density at radius 3 is 1.33 bits per heavy atom. The number of thiophene rings is 2. The van der Waals surface area contributed by atoms with E-state index in [1.165, 1.54) is 108 Å². The van der Waals surface area contributed by atoms with Gasteiger partial charge in [0.15, 0.2) is 0 Å². The first-order valence-electron chi connectivity index (χ1n) is 17.0. The fourth-order valence-corrected chi connectivity index (χ4v) is 9.81. The van der Waals surface area contributed by atoms with Crippen LogP contribution in [-0.2, 0) is 23.7 Å². The summed E-state index contributed by atoms with van der Waals surface area (Å²) in [6.07, 6.45) is 15.1. The average molecular weight is 637 g/mol. The summed E-state index contributed by atoms with van der Waals surface area (Å²) in [4.78, 5) is 5.89. The van der Waals surface area contributed by atoms with Gasteiger partial charge in [0, 0.05) is 30.6 Å². The number of nitrogens with zero attached hydrogens (tertiary/aromatic N) is 2. The molecule has 0 fully saturated rings. The van der Waals surface area contributed by atoms with Crippen LogP contribution in [-0.4, -0.2) is 8.75 Å². The maximum absolute atomic E-state index is 5.00. The topological polar surface area (TPSA) is 25.8 Å². The molecule has 3 heterocycles. The Morgan fingerprint density at radius 1 is 0.581 bits per heavy atom. The molecule has 0 spiro atoms. The fourth-order valence-electron chi connectivity index (χ4n) is 6.28. The van der Waals surface area contributed by atoms with Crippen LogP contribution >= 0.6 is 34.4 Å². The second-order valence-corrected chi connectivity index (χ2v) is 16.6. The Morgan fingerprint density at radius 2 is 0.977 bits per heavy atom. The molecule has 0 N–H and O–H groups in total. The Bertz CT molecular complexity index is 1390. The molecule has 43 heavy (non-hydrogen) atoms. The summed E-state index contributed by atoms with van der Waals surface area (Å²) in [7, 11) is 0. The van der Waals surface area contributed by atoms with E-state index in [2.05, 4.69) is 81.4 Å². The van der Waals surface area contributed by atoms with Gasteiger partial charge in [0.2, 0.25) is 0 Å². The lowest BCUT2D eigenvalue weighted by Gasteiger charge is -2.23. The summed E-state index contributed by atoms with van der Waals surface area (Å²) in [5, 5.41) is 0. The van der Waals surface area contributed by atoms with Crippen LogP contribution in [0.5, 0.6) is 0 Å². The molecule has 236 valence electrons. The van der Waals surface area contributed by atoms with Gasteiger partial charge in [-0.2, -0.15) is 8.75 Å². The molecule has 4 rings (SSSR count). The van der Waals surface area contributed by atoms with Gasteiger partial charge < -0.3 is 0 Å². The van der Waals surface area contributed by atoms with Gasteiger partial charge in [0.05, 0.1) is 11.7 Å². The Hall–Kier alpha value is -1.56. The van der Waals surface area contributed by atoms with E-state index in [9.17, 15) is 0 Å². The van der Waals surface area contributed by atoms with Crippen molar-refractivity contribution in [3.8, 4) is 20.9 Å². The Balaban J connectivity index is 1.84. The quantitative estimate of drug-likeness (QED) is 0.114. The van der Waals surface area contributed by atoms with Crippen molar-refractivity contribution in [1.29, 1.82) is 0 Å². The van der Waals surface area contributed by atoms with Gasteiger partial charge in [-0.3, -0.25) is 0 Å². The van der Waals surface area contributed by atoms with Crippen molar-refractivity contribution >= 4 is 45.4 Å². The van der Waals surface area contributed by atoms with E-state index in [1.807, 2.05) is 22.7 Å². The molecule has 2 nitrogen and oxygen atoms in total. The zero-order valence-corrected chi connectivity index (χ0v) is 31.2. The van der Waals surface area contributed by atoms with Crippen molar-refractivity contribution in [2.75, 3.05) is 0 Å². The molecule has 4 aromatic rings. The van der Waals surface area contributed by atoms with Crippen molar-refractivity contribution in [2.24, 2.45) is 0 Å². The van der Waals surface area contributed by atoms with Gasteiger partial charge in [-0.1, -0.05) is 93.9 Å². The predicted octanol–water partition coefficient (Wildman–Crippen LogP) is 13.4. The summed E-state index contributed by atoms with van der Waals surface area (Å²) in [5.41, 5.74) is 11.0. The second-order valence-electron chi connectivity index (χ2n) is 14.0. The number of aryl methyl sites for hydroxylation is 2. The highest BCUT2D eigenvalue weighted by molar-refractivity contribution is 7.16. The lowest BCUT2D eigenvalue weighted by molar-refractivity contribution is 0.510. The number of fused-ring (bicyclic) bond motifs is 1. The van der Waals surface area contributed by atoms with E-state index in [0.29, 0.717) is 0 Å². The molecular formula is C38H56N2S3. The molecular weight excluding hydrogens is 581 g/mol. The van der Waals surface area contributed by atoms with Crippen molar-refractivity contribution in [1.82, 2.24) is 8.75 Å². The average Bonchev–Trinajstić information content (AvgIpc) is 3.74.